The summed E-state index contributed by atoms with van der Waals surface area (Å²) in [5, 5.41) is 72.6. The first-order valence-corrected chi connectivity index (χ1v) is 39.2. The van der Waals surface area contributed by atoms with Crippen molar-refractivity contribution in [1.82, 2.24) is 19.0 Å². The molecular formula is C85H107F3N6O10Si. The van der Waals surface area contributed by atoms with E-state index in [1.807, 2.05) is 78.9 Å². The number of nitrogens with one attached hydrogen (secondary N) is 2. The number of aliphatic hydroxyl groups is 4. The Kier molecular flexibility index (Phi) is 30.3. The molecule has 20 heteroatoms. The Morgan fingerprint density at radius 3 is 1.21 bits per heavy atom. The summed E-state index contributed by atoms with van der Waals surface area (Å²) >= 11 is 0. The van der Waals surface area contributed by atoms with Crippen LogP contribution in [0.3, 0.4) is 0 Å². The first kappa shape index (κ1) is 83.1. The zero-order valence-corrected chi connectivity index (χ0v) is 63.7. The number of amidine groups is 1. The highest BCUT2D eigenvalue weighted by Crippen LogP contribution is 2.43. The highest BCUT2D eigenvalue weighted by Gasteiger charge is 2.40. The zero-order valence-electron chi connectivity index (χ0n) is 62.7. The summed E-state index contributed by atoms with van der Waals surface area (Å²) in [4.78, 5) is 34.5. The van der Waals surface area contributed by atoms with Gasteiger partial charge in [0.05, 0.1) is 55.6 Å². The van der Waals surface area contributed by atoms with E-state index in [4.69, 9.17) is 20.7 Å². The summed E-state index contributed by atoms with van der Waals surface area (Å²) in [6.45, 7) is 26.1. The number of benzene rings is 6. The van der Waals surface area contributed by atoms with Gasteiger partial charge in [-0.25, -0.2) is 13.2 Å². The number of hydrogen-bond acceptors (Lipinski definition) is 9. The molecule has 0 unspecified atom stereocenters. The molecule has 0 aliphatic carbocycles. The number of carbonyl (C=O) groups is 3. The average molecular weight is 1460 g/mol. The van der Waals surface area contributed by atoms with Gasteiger partial charge in [0.15, 0.2) is 8.32 Å². The predicted octanol–water partition coefficient (Wildman–Crippen LogP) is 18.7. The molecule has 1 amide bonds. The third-order valence-corrected chi connectivity index (χ3v) is 23.5. The van der Waals surface area contributed by atoms with E-state index in [2.05, 4.69) is 126 Å². The van der Waals surface area contributed by atoms with Gasteiger partial charge in [-0.2, -0.15) is 0 Å². The van der Waals surface area contributed by atoms with Crippen LogP contribution in [0.25, 0.3) is 84.3 Å². The molecule has 10 N–H and O–H groups in total. The van der Waals surface area contributed by atoms with Gasteiger partial charge in [0.2, 0.25) is 5.91 Å². The number of carboxylic acid groups (broad SMARTS) is 2. The monoisotopic (exact) mass is 1460 g/mol. The number of para-hydroxylation sites is 3. The highest BCUT2D eigenvalue weighted by atomic mass is 28.4. The number of aliphatic carboxylic acids is 2. The summed E-state index contributed by atoms with van der Waals surface area (Å²) in [7, 11) is -2.11. The van der Waals surface area contributed by atoms with Gasteiger partial charge in [-0.3, -0.25) is 19.8 Å². The molecule has 0 aliphatic heterocycles. The molecule has 105 heavy (non-hydrogen) atoms. The highest BCUT2D eigenvalue weighted by molar-refractivity contribution is 6.74. The maximum atomic E-state index is 13.7. The third kappa shape index (κ3) is 23.2. The van der Waals surface area contributed by atoms with Crippen molar-refractivity contribution in [3.8, 4) is 33.4 Å². The minimum Gasteiger partial charge on any atom is -0.481 e. The van der Waals surface area contributed by atoms with Crippen LogP contribution >= 0.6 is 0 Å². The normalized spacial score (nSPS) is 13.9. The Labute approximate surface area is 617 Å². The van der Waals surface area contributed by atoms with Crippen molar-refractivity contribution in [2.24, 2.45) is 11.7 Å². The number of carboxylic acids is 2. The topological polar surface area (TPSA) is 259 Å². The van der Waals surface area contributed by atoms with E-state index < -0.39 is 51.1 Å². The lowest BCUT2D eigenvalue weighted by Crippen LogP contribution is -2.44. The van der Waals surface area contributed by atoms with Crippen molar-refractivity contribution < 1.29 is 62.6 Å². The molecule has 16 nitrogen and oxygen atoms in total. The van der Waals surface area contributed by atoms with Crippen LogP contribution in [0.2, 0.25) is 18.1 Å². The van der Waals surface area contributed by atoms with Gasteiger partial charge in [0.25, 0.3) is 0 Å². The number of carbonyl (C=O) groups excluding carboxylic acids is 1. The lowest BCUT2D eigenvalue weighted by atomic mass is 9.98. The van der Waals surface area contributed by atoms with Crippen LogP contribution in [0.15, 0.2) is 164 Å². The Morgan fingerprint density at radius 2 is 0.867 bits per heavy atom. The molecule has 0 bridgehead atoms. The summed E-state index contributed by atoms with van der Waals surface area (Å²) in [5.74, 6) is -2.82. The van der Waals surface area contributed by atoms with Gasteiger partial charge >= 0.3 is 11.9 Å². The molecule has 6 atom stereocenters. The van der Waals surface area contributed by atoms with Crippen molar-refractivity contribution in [2.75, 3.05) is 6.54 Å². The molecule has 0 saturated carbocycles. The van der Waals surface area contributed by atoms with E-state index in [1.54, 1.807) is 42.5 Å². The number of allylic oxidation sites excluding steroid dienone is 1. The van der Waals surface area contributed by atoms with Crippen molar-refractivity contribution in [3.63, 3.8) is 0 Å². The van der Waals surface area contributed by atoms with E-state index in [1.165, 1.54) is 36.4 Å². The number of halogens is 3. The Balaban J connectivity index is 0.000000222. The van der Waals surface area contributed by atoms with Crippen molar-refractivity contribution >= 4 is 82.9 Å². The van der Waals surface area contributed by atoms with Gasteiger partial charge in [0, 0.05) is 110 Å². The number of nitrogens with two attached hydrogens (primary N) is 1. The van der Waals surface area contributed by atoms with Gasteiger partial charge in [-0.1, -0.05) is 143 Å². The second-order valence-electron chi connectivity index (χ2n) is 29.5. The fourth-order valence-corrected chi connectivity index (χ4v) is 14.5. The largest absolute Gasteiger partial charge is 0.481 e. The average Bonchev–Trinajstić information content (AvgIpc) is 1.62. The third-order valence-electron chi connectivity index (χ3n) is 18.9. The van der Waals surface area contributed by atoms with Crippen LogP contribution in [0, 0.1) is 28.8 Å². The second-order valence-corrected chi connectivity index (χ2v) is 34.3. The molecule has 562 valence electrons. The van der Waals surface area contributed by atoms with Gasteiger partial charge < -0.3 is 59.8 Å². The first-order chi connectivity index (χ1) is 49.6. The smallest absolute Gasteiger partial charge is 0.305 e. The SMILES string of the molecule is CC(C)n1c(/C=C/[C@H](C)C[C@@H](CC(=O)O)O[Si](C)(C)C(C)(C)C)c(-c2ccc(F)cc2)c2ccccc21.CC(C)n1c(/C=C/[C@H](O)C[C@H](O)CC(=O)NCCCCCC(=N)N)c(-c2ccc(F)cc2)c2ccccc21.CC(C)n1c(/C=C/[C@H](O)C[C@H](O)CC(=O)O)c(-c2ccc(F)cc2)c2ccccc21. The molecule has 0 saturated heterocycles. The van der Waals surface area contributed by atoms with Crippen LogP contribution in [0.1, 0.15) is 169 Å². The van der Waals surface area contributed by atoms with Crippen LogP contribution in [-0.2, 0) is 18.8 Å². The van der Waals surface area contributed by atoms with Gasteiger partial charge in [-0.15, -0.1) is 0 Å². The minimum absolute atomic E-state index is 0.00221. The standard InChI is InChI=1S/C31H42FNO3Si.C30H39FN4O3.C24H26FNO4/c1-21(2)33-27-12-10-9-11-26(27)30(23-14-16-24(32)17-15-23)28(33)18-13-22(3)19-25(20-29(34)35)36-37(7,8)31(4,5)6;1-20(2)35-26-9-6-5-8-25(26)30(21-11-13-22(31)14-12-21)27(35)16-15-23(36)18-24(37)19-29(38)34-17-7-3-4-10-28(32)33;1-15(2)26-21-6-4-3-5-20(21)24(16-7-9-17(25)10-8-16)22(26)12-11-18(27)13-19(28)14-23(29)30/h9-18,21-22,25H,19-20H2,1-8H3,(H,34,35);5-6,8-9,11-16,20,23-24,36-37H,3-4,7,10,17-19H2,1-2H3,(H3,32,33)(H,34,38);3-12,15,18-19,27-28H,13-14H2,1-2H3,(H,29,30)/b18-13+;16-15+;12-11+/t22-,25-;23-,24-;18-,19-/m000/s1. The first-order valence-electron chi connectivity index (χ1n) is 36.3. The lowest BCUT2D eigenvalue weighted by Gasteiger charge is -2.39. The predicted molar refractivity (Wildman–Crippen MR) is 422 cm³/mol. The quantitative estimate of drug-likeness (QED) is 0.00829. The van der Waals surface area contributed by atoms with Crippen LogP contribution in [0.5, 0.6) is 0 Å². The Bertz CT molecular complexity index is 4450. The van der Waals surface area contributed by atoms with Gasteiger partial charge in [0.1, 0.15) is 17.5 Å². The molecule has 9 aromatic rings. The fraction of sp³-hybridized carbons (Fsp3) is 0.388. The summed E-state index contributed by atoms with van der Waals surface area (Å²) in [6, 6.07) is 44.1. The molecule has 0 spiro atoms. The number of fused-ring (bicyclic) bond motifs is 3. The van der Waals surface area contributed by atoms with E-state index in [0.717, 1.165) is 102 Å². The Morgan fingerprint density at radius 1 is 0.514 bits per heavy atom. The second kappa shape index (κ2) is 38.2. The number of unbranched alkanes of at least 4 members (excludes halogenated alkanes) is 2. The maximum absolute atomic E-state index is 13.7. The van der Waals surface area contributed by atoms with Gasteiger partial charge in [-0.05, 0) is 174 Å². The van der Waals surface area contributed by atoms with Crippen LogP contribution in [-0.4, -0.2) is 113 Å². The molecule has 3 aromatic heterocycles. The van der Waals surface area contributed by atoms with Crippen LogP contribution in [0.4, 0.5) is 13.2 Å². The summed E-state index contributed by atoms with van der Waals surface area (Å²) in [5.41, 5.74) is 16.9. The summed E-state index contributed by atoms with van der Waals surface area (Å²) in [6.07, 6.45) is 9.79. The van der Waals surface area contributed by atoms with Crippen molar-refractivity contribution in [3.05, 3.63) is 198 Å². The molecule has 0 aliphatic rings. The molecule has 3 heterocycles. The number of nitrogens with zero attached hydrogens (tertiary/aromatic N) is 3. The Hall–Kier alpha value is -9.15. The number of aliphatic hydroxyl groups excluding tert-OH is 4. The zero-order chi connectivity index (χ0) is 77.0. The molecule has 0 fully saturated rings. The molecule has 9 rings (SSSR count). The van der Waals surface area contributed by atoms with E-state index in [0.29, 0.717) is 19.4 Å². The van der Waals surface area contributed by atoms with E-state index in [-0.39, 0.29) is 90.1 Å². The summed E-state index contributed by atoms with van der Waals surface area (Å²) < 4.78 is 54.1. The maximum Gasteiger partial charge on any atom is 0.305 e. The van der Waals surface area contributed by atoms with E-state index >= 15 is 0 Å². The number of amides is 1. The van der Waals surface area contributed by atoms with Crippen molar-refractivity contribution in [2.45, 2.75) is 200 Å². The van der Waals surface area contributed by atoms with Crippen LogP contribution < -0.4 is 11.1 Å². The molecule has 6 aromatic carbocycles. The molecular weight excluding hydrogens is 1350 g/mol. The fourth-order valence-electron chi connectivity index (χ4n) is 13.1. The van der Waals surface area contributed by atoms with Crippen molar-refractivity contribution in [1.29, 1.82) is 5.41 Å². The lowest BCUT2D eigenvalue weighted by molar-refractivity contribution is -0.140. The number of rotatable bonds is 32. The molecule has 0 radical (unpaired) electrons. The number of hydrogen-bond donors (Lipinski definition) is 9. The van der Waals surface area contributed by atoms with E-state index in [9.17, 15) is 53.1 Å². The number of aromatic nitrogens is 3. The minimum atomic E-state index is -2.11.